The molecule has 0 radical (unpaired) electrons. The van der Waals surface area contributed by atoms with E-state index in [1.54, 1.807) is 12.4 Å². The molecule has 1 aromatic heterocycles. The molecule has 88 valence electrons. The zero-order valence-corrected chi connectivity index (χ0v) is 10.6. The summed E-state index contributed by atoms with van der Waals surface area (Å²) in [5.41, 5.74) is 0. The van der Waals surface area contributed by atoms with Crippen molar-refractivity contribution in [3.05, 3.63) is 23.2 Å². The predicted molar refractivity (Wildman–Crippen MR) is 65.7 cm³/mol. The molecule has 2 heterocycles. The summed E-state index contributed by atoms with van der Waals surface area (Å²) in [7, 11) is 0. The van der Waals surface area contributed by atoms with Gasteiger partial charge in [0.2, 0.25) is 0 Å². The monoisotopic (exact) mass is 239 g/mol. The van der Waals surface area contributed by atoms with E-state index in [1.807, 2.05) is 0 Å². The van der Waals surface area contributed by atoms with Crippen LogP contribution >= 0.6 is 11.6 Å². The fourth-order valence-electron chi connectivity index (χ4n) is 2.21. The Morgan fingerprint density at radius 2 is 1.81 bits per heavy atom. The Morgan fingerprint density at radius 1 is 1.25 bits per heavy atom. The number of aromatic nitrogens is 2. The van der Waals surface area contributed by atoms with E-state index in [9.17, 15) is 0 Å². The number of halogens is 1. The molecule has 3 nitrogen and oxygen atoms in total. The molecule has 1 aromatic rings. The van der Waals surface area contributed by atoms with Gasteiger partial charge in [0.1, 0.15) is 5.82 Å². The fraction of sp³-hybridized carbons (Fsp3) is 0.667. The Labute approximate surface area is 102 Å². The third kappa shape index (κ3) is 2.71. The lowest BCUT2D eigenvalue weighted by Crippen LogP contribution is -2.38. The zero-order valence-electron chi connectivity index (χ0n) is 9.86. The van der Waals surface area contributed by atoms with Crippen molar-refractivity contribution in [1.82, 2.24) is 14.9 Å². The van der Waals surface area contributed by atoms with Crippen molar-refractivity contribution in [3.63, 3.8) is 0 Å². The molecule has 4 heteroatoms. The predicted octanol–water partition coefficient (Wildman–Crippen LogP) is 2.72. The van der Waals surface area contributed by atoms with Crippen molar-refractivity contribution in [3.8, 4) is 0 Å². The Morgan fingerprint density at radius 3 is 2.31 bits per heavy atom. The Kier molecular flexibility index (Phi) is 3.77. The van der Waals surface area contributed by atoms with Crippen LogP contribution in [0.1, 0.15) is 38.4 Å². The van der Waals surface area contributed by atoms with Crippen LogP contribution in [0.25, 0.3) is 0 Å². The summed E-state index contributed by atoms with van der Waals surface area (Å²) >= 11 is 5.78. The van der Waals surface area contributed by atoms with E-state index in [4.69, 9.17) is 11.6 Å². The number of likely N-dealkylation sites (tertiary alicyclic amines) is 1. The summed E-state index contributed by atoms with van der Waals surface area (Å²) in [5.74, 6) is 1.46. The summed E-state index contributed by atoms with van der Waals surface area (Å²) in [6, 6.07) is 0.645. The Bertz CT molecular complexity index is 329. The minimum absolute atomic E-state index is 0.507. The normalized spacial score (nSPS) is 19.2. The molecule has 1 aliphatic heterocycles. The first kappa shape index (κ1) is 11.8. The molecule has 0 aromatic carbocycles. The third-order valence-electron chi connectivity index (χ3n) is 3.27. The highest BCUT2D eigenvalue weighted by molar-refractivity contribution is 6.30. The maximum Gasteiger partial charge on any atom is 0.131 e. The third-order valence-corrected chi connectivity index (χ3v) is 3.46. The molecule has 0 unspecified atom stereocenters. The van der Waals surface area contributed by atoms with Crippen molar-refractivity contribution in [1.29, 1.82) is 0 Å². The van der Waals surface area contributed by atoms with Gasteiger partial charge in [0.25, 0.3) is 0 Å². The van der Waals surface area contributed by atoms with Gasteiger partial charge < -0.3 is 4.90 Å². The molecule has 1 aliphatic rings. The average Bonchev–Trinajstić information content (AvgIpc) is 2.30. The van der Waals surface area contributed by atoms with Crippen LogP contribution in [-0.2, 0) is 0 Å². The molecule has 1 saturated heterocycles. The maximum atomic E-state index is 5.78. The largest absolute Gasteiger partial charge is 0.301 e. The highest BCUT2D eigenvalue weighted by Crippen LogP contribution is 2.26. The molecular formula is C12H18ClN3. The number of nitrogens with zero attached hydrogens (tertiary/aromatic N) is 3. The molecule has 1 fully saturated rings. The van der Waals surface area contributed by atoms with E-state index in [1.165, 1.54) is 0 Å². The van der Waals surface area contributed by atoms with Gasteiger partial charge in [-0.25, -0.2) is 9.97 Å². The second-order valence-electron chi connectivity index (χ2n) is 4.66. The lowest BCUT2D eigenvalue weighted by atomic mass is 9.95. The molecular weight excluding hydrogens is 222 g/mol. The quantitative estimate of drug-likeness (QED) is 0.795. The van der Waals surface area contributed by atoms with Crippen molar-refractivity contribution in [2.24, 2.45) is 0 Å². The smallest absolute Gasteiger partial charge is 0.131 e. The van der Waals surface area contributed by atoms with E-state index in [2.05, 4.69) is 28.7 Å². The molecule has 0 atom stereocenters. The highest BCUT2D eigenvalue weighted by atomic mass is 35.5. The van der Waals surface area contributed by atoms with Crippen molar-refractivity contribution < 1.29 is 0 Å². The Balaban J connectivity index is 1.96. The summed E-state index contributed by atoms with van der Waals surface area (Å²) < 4.78 is 0. The first-order valence-corrected chi connectivity index (χ1v) is 6.26. The molecule has 0 spiro atoms. The van der Waals surface area contributed by atoms with Crippen LogP contribution in [0.5, 0.6) is 0 Å². The van der Waals surface area contributed by atoms with Gasteiger partial charge in [-0.15, -0.1) is 0 Å². The maximum absolute atomic E-state index is 5.78. The second kappa shape index (κ2) is 5.11. The number of hydrogen-bond acceptors (Lipinski definition) is 3. The van der Waals surface area contributed by atoms with E-state index < -0.39 is 0 Å². The molecule has 0 saturated carbocycles. The van der Waals surface area contributed by atoms with Gasteiger partial charge in [-0.2, -0.15) is 0 Å². The van der Waals surface area contributed by atoms with Crippen LogP contribution in [-0.4, -0.2) is 34.0 Å². The van der Waals surface area contributed by atoms with Crippen LogP contribution in [0, 0.1) is 0 Å². The first-order chi connectivity index (χ1) is 7.66. The summed E-state index contributed by atoms with van der Waals surface area (Å²) in [6.07, 6.45) is 5.69. The number of piperidine rings is 1. The summed E-state index contributed by atoms with van der Waals surface area (Å²) in [6.45, 7) is 6.79. The number of rotatable bonds is 2. The van der Waals surface area contributed by atoms with Gasteiger partial charge >= 0.3 is 0 Å². The molecule has 0 amide bonds. The SMILES string of the molecule is CC(C)N1CCC(c2ncc(Cl)cn2)CC1. The summed E-state index contributed by atoms with van der Waals surface area (Å²) in [5, 5.41) is 0.614. The minimum Gasteiger partial charge on any atom is -0.301 e. The van der Waals surface area contributed by atoms with E-state index in [-0.39, 0.29) is 0 Å². The fourth-order valence-corrected chi connectivity index (χ4v) is 2.30. The van der Waals surface area contributed by atoms with E-state index >= 15 is 0 Å². The van der Waals surface area contributed by atoms with Crippen LogP contribution in [0.2, 0.25) is 5.02 Å². The van der Waals surface area contributed by atoms with E-state index in [0.29, 0.717) is 17.0 Å². The topological polar surface area (TPSA) is 29.0 Å². The second-order valence-corrected chi connectivity index (χ2v) is 5.10. The van der Waals surface area contributed by atoms with Gasteiger partial charge in [0.15, 0.2) is 0 Å². The van der Waals surface area contributed by atoms with Crippen LogP contribution in [0.4, 0.5) is 0 Å². The van der Waals surface area contributed by atoms with Gasteiger partial charge in [0.05, 0.1) is 5.02 Å². The average molecular weight is 240 g/mol. The molecule has 2 rings (SSSR count). The lowest BCUT2D eigenvalue weighted by molar-refractivity contribution is 0.169. The molecule has 0 bridgehead atoms. The molecule has 0 aliphatic carbocycles. The molecule has 0 N–H and O–H groups in total. The van der Waals surface area contributed by atoms with Gasteiger partial charge in [-0.1, -0.05) is 11.6 Å². The van der Waals surface area contributed by atoms with Crippen molar-refractivity contribution in [2.45, 2.75) is 38.6 Å². The molecule has 16 heavy (non-hydrogen) atoms. The standard InChI is InChI=1S/C12H18ClN3/c1-9(2)16-5-3-10(4-6-16)12-14-7-11(13)8-15-12/h7-10H,3-6H2,1-2H3. The Hall–Kier alpha value is -0.670. The van der Waals surface area contributed by atoms with Gasteiger partial charge in [0, 0.05) is 24.4 Å². The van der Waals surface area contributed by atoms with Crippen molar-refractivity contribution >= 4 is 11.6 Å². The van der Waals surface area contributed by atoms with Crippen LogP contribution in [0.3, 0.4) is 0 Å². The summed E-state index contributed by atoms with van der Waals surface area (Å²) in [4.78, 5) is 11.1. The first-order valence-electron chi connectivity index (χ1n) is 5.88. The lowest BCUT2D eigenvalue weighted by Gasteiger charge is -2.33. The van der Waals surface area contributed by atoms with Crippen molar-refractivity contribution in [2.75, 3.05) is 13.1 Å². The van der Waals surface area contributed by atoms with Crippen LogP contribution < -0.4 is 0 Å². The zero-order chi connectivity index (χ0) is 11.5. The van der Waals surface area contributed by atoms with Gasteiger partial charge in [-0.3, -0.25) is 0 Å². The van der Waals surface area contributed by atoms with Gasteiger partial charge in [-0.05, 0) is 39.8 Å². The van der Waals surface area contributed by atoms with E-state index in [0.717, 1.165) is 31.8 Å². The number of hydrogen-bond donors (Lipinski definition) is 0. The van der Waals surface area contributed by atoms with Crippen LogP contribution in [0.15, 0.2) is 12.4 Å². The minimum atomic E-state index is 0.507. The highest BCUT2D eigenvalue weighted by Gasteiger charge is 2.23.